The van der Waals surface area contributed by atoms with E-state index in [2.05, 4.69) is 27.8 Å². The number of aromatic amines is 1. The number of halogens is 1. The van der Waals surface area contributed by atoms with E-state index >= 15 is 0 Å². The van der Waals surface area contributed by atoms with Crippen LogP contribution in [0.4, 0.5) is 4.39 Å². The minimum Gasteiger partial charge on any atom is -0.366 e. The minimum absolute atomic E-state index is 0.303. The van der Waals surface area contributed by atoms with Crippen molar-refractivity contribution in [2.45, 2.75) is 6.92 Å². The Bertz CT molecular complexity index is 1730. The van der Waals surface area contributed by atoms with Gasteiger partial charge in [-0.2, -0.15) is 0 Å². The number of nitrogens with zero attached hydrogens (tertiary/aromatic N) is 2. The highest BCUT2D eigenvalue weighted by molar-refractivity contribution is 6.15. The number of hydrogen-bond acceptors (Lipinski definition) is 2. The molecule has 5 nitrogen and oxygen atoms in total. The lowest BCUT2D eigenvalue weighted by molar-refractivity contribution is 0.0999. The topological polar surface area (TPSA) is 76.7 Å². The van der Waals surface area contributed by atoms with Gasteiger partial charge in [0.1, 0.15) is 11.6 Å². The number of para-hydroxylation sites is 1. The molecule has 3 N–H and O–H groups in total. The number of imidazole rings is 1. The average molecular weight is 434 g/mol. The number of aromatic nitrogens is 3. The van der Waals surface area contributed by atoms with Crippen LogP contribution in [-0.2, 0) is 0 Å². The van der Waals surface area contributed by atoms with Crippen molar-refractivity contribution in [2.24, 2.45) is 5.73 Å². The van der Waals surface area contributed by atoms with Crippen LogP contribution < -0.4 is 5.73 Å². The fraction of sp³-hybridized carbons (Fsp3) is 0.0370. The summed E-state index contributed by atoms with van der Waals surface area (Å²) in [5.74, 6) is -0.0588. The molecule has 0 aliphatic rings. The SMILES string of the molecule is Cc1cc(-n2c3ccccc3c3c(-c4nc5ccc(F)cc5[nH]4)cccc32)ccc1C(N)=O. The number of amides is 1. The summed E-state index contributed by atoms with van der Waals surface area (Å²) >= 11 is 0. The van der Waals surface area contributed by atoms with Crippen LogP contribution in [0.2, 0.25) is 0 Å². The van der Waals surface area contributed by atoms with Gasteiger partial charge in [0, 0.05) is 27.6 Å². The highest BCUT2D eigenvalue weighted by atomic mass is 19.1. The molecule has 33 heavy (non-hydrogen) atoms. The van der Waals surface area contributed by atoms with Gasteiger partial charge in [0.05, 0.1) is 22.1 Å². The molecule has 160 valence electrons. The first-order valence-electron chi connectivity index (χ1n) is 10.6. The molecule has 2 heterocycles. The average Bonchev–Trinajstić information content (AvgIpc) is 3.37. The van der Waals surface area contributed by atoms with E-state index in [4.69, 9.17) is 10.7 Å². The molecular formula is C27H19FN4O. The van der Waals surface area contributed by atoms with Crippen LogP contribution >= 0.6 is 0 Å². The van der Waals surface area contributed by atoms with E-state index in [1.165, 1.54) is 12.1 Å². The molecule has 0 saturated carbocycles. The predicted molar refractivity (Wildman–Crippen MR) is 129 cm³/mol. The predicted octanol–water partition coefficient (Wildman–Crippen LogP) is 5.87. The van der Waals surface area contributed by atoms with Crippen molar-refractivity contribution < 1.29 is 9.18 Å². The van der Waals surface area contributed by atoms with Gasteiger partial charge >= 0.3 is 0 Å². The highest BCUT2D eigenvalue weighted by Gasteiger charge is 2.18. The number of fused-ring (bicyclic) bond motifs is 4. The van der Waals surface area contributed by atoms with Crippen LogP contribution in [0.15, 0.2) is 78.9 Å². The molecule has 2 aromatic heterocycles. The molecule has 1 amide bonds. The normalized spacial score (nSPS) is 11.6. The van der Waals surface area contributed by atoms with Crippen molar-refractivity contribution in [1.29, 1.82) is 0 Å². The summed E-state index contributed by atoms with van der Waals surface area (Å²) in [4.78, 5) is 19.7. The Kier molecular flexibility index (Phi) is 4.10. The number of carbonyl (C=O) groups excluding carboxylic acids is 1. The van der Waals surface area contributed by atoms with Crippen LogP contribution in [-0.4, -0.2) is 20.4 Å². The second kappa shape index (κ2) is 7.03. The van der Waals surface area contributed by atoms with Gasteiger partial charge in [-0.3, -0.25) is 4.79 Å². The number of carbonyl (C=O) groups is 1. The quantitative estimate of drug-likeness (QED) is 0.365. The molecule has 0 bridgehead atoms. The van der Waals surface area contributed by atoms with E-state index in [0.717, 1.165) is 38.6 Å². The molecule has 0 unspecified atom stereocenters. The number of aryl methyl sites for hydroxylation is 1. The van der Waals surface area contributed by atoms with Crippen LogP contribution in [0, 0.1) is 12.7 Å². The lowest BCUT2D eigenvalue weighted by Crippen LogP contribution is -2.12. The van der Waals surface area contributed by atoms with Crippen LogP contribution in [0.1, 0.15) is 15.9 Å². The first-order valence-corrected chi connectivity index (χ1v) is 10.6. The van der Waals surface area contributed by atoms with Crippen molar-refractivity contribution in [3.05, 3.63) is 95.8 Å². The molecule has 0 atom stereocenters. The molecule has 6 aromatic rings. The zero-order chi connectivity index (χ0) is 22.7. The van der Waals surface area contributed by atoms with E-state index in [0.29, 0.717) is 22.4 Å². The van der Waals surface area contributed by atoms with E-state index in [1.807, 2.05) is 43.3 Å². The Hall–Kier alpha value is -4.45. The maximum atomic E-state index is 13.7. The molecule has 0 aliphatic carbocycles. The lowest BCUT2D eigenvalue weighted by Gasteiger charge is -2.11. The number of hydrogen-bond donors (Lipinski definition) is 2. The van der Waals surface area contributed by atoms with Gasteiger partial charge in [0.25, 0.3) is 0 Å². The number of rotatable bonds is 3. The molecule has 0 saturated heterocycles. The first-order chi connectivity index (χ1) is 16.0. The van der Waals surface area contributed by atoms with Gasteiger partial charge in [-0.1, -0.05) is 30.3 Å². The maximum absolute atomic E-state index is 13.7. The van der Waals surface area contributed by atoms with Crippen LogP contribution in [0.5, 0.6) is 0 Å². The number of benzene rings is 4. The summed E-state index contributed by atoms with van der Waals surface area (Å²) < 4.78 is 15.9. The van der Waals surface area contributed by atoms with E-state index in [9.17, 15) is 9.18 Å². The number of primary amides is 1. The summed E-state index contributed by atoms with van der Waals surface area (Å²) in [5, 5.41) is 2.12. The summed E-state index contributed by atoms with van der Waals surface area (Å²) in [7, 11) is 0. The Morgan fingerprint density at radius 3 is 2.61 bits per heavy atom. The molecule has 0 radical (unpaired) electrons. The number of nitrogens with one attached hydrogen (secondary N) is 1. The van der Waals surface area contributed by atoms with E-state index < -0.39 is 5.91 Å². The monoisotopic (exact) mass is 434 g/mol. The molecular weight excluding hydrogens is 415 g/mol. The third-order valence-electron chi connectivity index (χ3n) is 6.13. The van der Waals surface area contributed by atoms with Gasteiger partial charge in [0.2, 0.25) is 5.91 Å². The van der Waals surface area contributed by atoms with Crippen molar-refractivity contribution in [3.63, 3.8) is 0 Å². The van der Waals surface area contributed by atoms with E-state index in [1.54, 1.807) is 12.1 Å². The van der Waals surface area contributed by atoms with Gasteiger partial charge in [-0.05, 0) is 61.0 Å². The fourth-order valence-corrected chi connectivity index (χ4v) is 4.67. The zero-order valence-electron chi connectivity index (χ0n) is 17.8. The summed E-state index contributed by atoms with van der Waals surface area (Å²) in [6.07, 6.45) is 0. The smallest absolute Gasteiger partial charge is 0.248 e. The highest BCUT2D eigenvalue weighted by Crippen LogP contribution is 2.38. The molecule has 0 spiro atoms. The van der Waals surface area contributed by atoms with Gasteiger partial charge in [-0.15, -0.1) is 0 Å². The standard InChI is InChI=1S/C27H19FN4O/c1-15-13-17(10-11-18(15)26(29)33)32-23-7-3-2-5-19(23)25-20(6-4-8-24(25)32)27-30-21-12-9-16(28)14-22(21)31-27/h2-14H,1H3,(H2,29,33)(H,30,31). The van der Waals surface area contributed by atoms with Crippen LogP contribution in [0.3, 0.4) is 0 Å². The molecule has 6 heteroatoms. The van der Waals surface area contributed by atoms with Gasteiger partial charge in [-0.25, -0.2) is 9.37 Å². The zero-order valence-corrected chi connectivity index (χ0v) is 17.8. The van der Waals surface area contributed by atoms with Crippen LogP contribution in [0.25, 0.3) is 49.9 Å². The summed E-state index contributed by atoms with van der Waals surface area (Å²) in [6, 6.07) is 24.5. The summed E-state index contributed by atoms with van der Waals surface area (Å²) in [5.41, 5.74) is 12.1. The van der Waals surface area contributed by atoms with Crippen molar-refractivity contribution >= 4 is 38.7 Å². The largest absolute Gasteiger partial charge is 0.366 e. The molecule has 0 fully saturated rings. The van der Waals surface area contributed by atoms with Gasteiger partial charge < -0.3 is 15.3 Å². The van der Waals surface area contributed by atoms with E-state index in [-0.39, 0.29) is 5.82 Å². The fourth-order valence-electron chi connectivity index (χ4n) is 4.67. The van der Waals surface area contributed by atoms with Crippen molar-refractivity contribution in [3.8, 4) is 17.1 Å². The third kappa shape index (κ3) is 2.91. The number of nitrogens with two attached hydrogens (primary N) is 1. The second-order valence-electron chi connectivity index (χ2n) is 8.16. The van der Waals surface area contributed by atoms with Crippen molar-refractivity contribution in [1.82, 2.24) is 14.5 Å². The van der Waals surface area contributed by atoms with Gasteiger partial charge in [0.15, 0.2) is 0 Å². The third-order valence-corrected chi connectivity index (χ3v) is 6.13. The van der Waals surface area contributed by atoms with Crippen molar-refractivity contribution in [2.75, 3.05) is 0 Å². The first kappa shape index (κ1) is 19.3. The summed E-state index contributed by atoms with van der Waals surface area (Å²) in [6.45, 7) is 1.89. The Balaban J connectivity index is 1.67. The Morgan fingerprint density at radius 2 is 1.79 bits per heavy atom. The lowest BCUT2D eigenvalue weighted by atomic mass is 10.1. The minimum atomic E-state index is -0.440. The second-order valence-corrected chi connectivity index (χ2v) is 8.16. The molecule has 4 aromatic carbocycles. The molecule has 0 aliphatic heterocycles. The number of H-pyrrole nitrogens is 1. The Morgan fingerprint density at radius 1 is 0.970 bits per heavy atom. The maximum Gasteiger partial charge on any atom is 0.248 e. The molecule has 6 rings (SSSR count). The Labute approximate surface area is 188 Å².